The van der Waals surface area contributed by atoms with Gasteiger partial charge in [0.2, 0.25) is 0 Å². The van der Waals surface area contributed by atoms with E-state index in [1.807, 2.05) is 0 Å². The topological polar surface area (TPSA) is 63.6 Å². The lowest BCUT2D eigenvalue weighted by Gasteiger charge is -2.08. The average molecular weight is 208 g/mol. The molecule has 0 aliphatic rings. The number of phenols is 1. The summed E-state index contributed by atoms with van der Waals surface area (Å²) in [7, 11) is 1.40. The number of carbonyl (C=O) groups is 2. The van der Waals surface area contributed by atoms with Gasteiger partial charge in [-0.05, 0) is 19.1 Å². The number of hydrogen-bond donors (Lipinski definition) is 1. The lowest BCUT2D eigenvalue weighted by atomic mass is 10.0. The van der Waals surface area contributed by atoms with Crippen LogP contribution in [0.4, 0.5) is 0 Å². The van der Waals surface area contributed by atoms with Crippen LogP contribution in [0.2, 0.25) is 0 Å². The number of carbonyl (C=O) groups excluding carboxylic acids is 2. The molecule has 0 aliphatic carbocycles. The van der Waals surface area contributed by atoms with Crippen molar-refractivity contribution in [3.8, 4) is 11.5 Å². The summed E-state index contributed by atoms with van der Waals surface area (Å²) in [6.07, 6.45) is -0.228. The van der Waals surface area contributed by atoms with Gasteiger partial charge in [0.15, 0.2) is 5.78 Å². The fourth-order valence-electron chi connectivity index (χ4n) is 1.28. The van der Waals surface area contributed by atoms with Gasteiger partial charge in [0, 0.05) is 0 Å². The number of rotatable bonds is 4. The summed E-state index contributed by atoms with van der Waals surface area (Å²) in [5.74, 6) is -0.565. The molecule has 0 aromatic heterocycles. The SMILES string of the molecule is COc1cccc(O)c1C(=O)CC(C)=O. The number of phenolic OH excluding ortho intramolecular Hbond substituents is 1. The van der Waals surface area contributed by atoms with Gasteiger partial charge >= 0.3 is 0 Å². The Bertz CT molecular complexity index is 396. The Labute approximate surface area is 87.5 Å². The molecule has 0 aliphatic heterocycles. The summed E-state index contributed by atoms with van der Waals surface area (Å²) >= 11 is 0. The summed E-state index contributed by atoms with van der Waals surface area (Å²) < 4.78 is 4.94. The number of Topliss-reactive ketones (excluding diaryl/α,β-unsaturated/α-hetero) is 2. The number of benzene rings is 1. The van der Waals surface area contributed by atoms with Crippen LogP contribution in [0, 0.1) is 0 Å². The van der Waals surface area contributed by atoms with Crippen LogP contribution in [0.15, 0.2) is 18.2 Å². The van der Waals surface area contributed by atoms with E-state index in [0.29, 0.717) is 0 Å². The van der Waals surface area contributed by atoms with E-state index in [0.717, 1.165) is 0 Å². The van der Waals surface area contributed by atoms with Crippen molar-refractivity contribution in [3.63, 3.8) is 0 Å². The van der Waals surface area contributed by atoms with Crippen molar-refractivity contribution >= 4 is 11.6 Å². The Balaban J connectivity index is 3.11. The summed E-state index contributed by atoms with van der Waals surface area (Å²) in [6.45, 7) is 1.32. The van der Waals surface area contributed by atoms with Gasteiger partial charge in [-0.1, -0.05) is 6.07 Å². The molecule has 0 heterocycles. The highest BCUT2D eigenvalue weighted by atomic mass is 16.5. The minimum atomic E-state index is -0.433. The molecule has 0 radical (unpaired) electrons. The lowest BCUT2D eigenvalue weighted by Crippen LogP contribution is -2.07. The Morgan fingerprint density at radius 1 is 1.40 bits per heavy atom. The van der Waals surface area contributed by atoms with Crippen molar-refractivity contribution in [2.75, 3.05) is 7.11 Å². The summed E-state index contributed by atoms with van der Waals surface area (Å²) in [5.41, 5.74) is 0.0650. The average Bonchev–Trinajstić information content (AvgIpc) is 2.15. The van der Waals surface area contributed by atoms with Crippen LogP contribution >= 0.6 is 0 Å². The van der Waals surface area contributed by atoms with E-state index in [-0.39, 0.29) is 29.3 Å². The van der Waals surface area contributed by atoms with Crippen molar-refractivity contribution in [1.29, 1.82) is 0 Å². The van der Waals surface area contributed by atoms with Gasteiger partial charge in [0.1, 0.15) is 22.8 Å². The molecule has 0 saturated carbocycles. The summed E-state index contributed by atoms with van der Waals surface area (Å²) in [4.78, 5) is 22.4. The molecule has 0 fully saturated rings. The second-order valence-electron chi connectivity index (χ2n) is 3.16. The highest BCUT2D eigenvalue weighted by Crippen LogP contribution is 2.28. The fraction of sp³-hybridized carbons (Fsp3) is 0.273. The largest absolute Gasteiger partial charge is 0.507 e. The van der Waals surface area contributed by atoms with Crippen molar-refractivity contribution in [3.05, 3.63) is 23.8 Å². The highest BCUT2D eigenvalue weighted by Gasteiger charge is 2.17. The van der Waals surface area contributed by atoms with Gasteiger partial charge in [-0.15, -0.1) is 0 Å². The number of ketones is 2. The molecule has 0 atom stereocenters. The maximum atomic E-state index is 11.6. The van der Waals surface area contributed by atoms with Gasteiger partial charge in [0.25, 0.3) is 0 Å². The van der Waals surface area contributed by atoms with Crippen LogP contribution in [0.3, 0.4) is 0 Å². The Hall–Kier alpha value is -1.84. The van der Waals surface area contributed by atoms with E-state index >= 15 is 0 Å². The zero-order chi connectivity index (χ0) is 11.4. The fourth-order valence-corrected chi connectivity index (χ4v) is 1.28. The molecule has 1 N–H and O–H groups in total. The number of hydrogen-bond acceptors (Lipinski definition) is 4. The first-order chi connectivity index (χ1) is 7.06. The van der Waals surface area contributed by atoms with Gasteiger partial charge in [-0.25, -0.2) is 0 Å². The van der Waals surface area contributed by atoms with E-state index in [1.54, 1.807) is 12.1 Å². The summed E-state index contributed by atoms with van der Waals surface area (Å²) in [6, 6.07) is 4.52. The number of ether oxygens (including phenoxy) is 1. The van der Waals surface area contributed by atoms with Crippen LogP contribution < -0.4 is 4.74 Å². The standard InChI is InChI=1S/C11H12O4/c1-7(12)6-9(14)11-8(13)4-3-5-10(11)15-2/h3-5,13H,6H2,1-2H3. The summed E-state index contributed by atoms with van der Waals surface area (Å²) in [5, 5.41) is 9.49. The van der Waals surface area contributed by atoms with Gasteiger partial charge < -0.3 is 9.84 Å². The molecule has 0 amide bonds. The van der Waals surface area contributed by atoms with Crippen molar-refractivity contribution in [2.45, 2.75) is 13.3 Å². The third kappa shape index (κ3) is 2.56. The van der Waals surface area contributed by atoms with Gasteiger partial charge in [0.05, 0.1) is 13.5 Å². The first kappa shape index (κ1) is 11.2. The van der Waals surface area contributed by atoms with E-state index in [4.69, 9.17) is 4.74 Å². The Morgan fingerprint density at radius 2 is 2.07 bits per heavy atom. The third-order valence-corrected chi connectivity index (χ3v) is 1.91. The van der Waals surface area contributed by atoms with E-state index in [1.165, 1.54) is 20.1 Å². The predicted octanol–water partition coefficient (Wildman–Crippen LogP) is 1.56. The number of methoxy groups -OCH3 is 1. The van der Waals surface area contributed by atoms with Crippen LogP contribution in [0.5, 0.6) is 11.5 Å². The molecule has 0 spiro atoms. The molecule has 0 unspecified atom stereocenters. The predicted molar refractivity (Wildman–Crippen MR) is 54.3 cm³/mol. The van der Waals surface area contributed by atoms with E-state index in [2.05, 4.69) is 0 Å². The van der Waals surface area contributed by atoms with Crippen LogP contribution in [-0.4, -0.2) is 23.8 Å². The molecule has 0 bridgehead atoms. The van der Waals surface area contributed by atoms with Crippen molar-refractivity contribution in [1.82, 2.24) is 0 Å². The normalized spacial score (nSPS) is 9.73. The van der Waals surface area contributed by atoms with Gasteiger partial charge in [-0.3, -0.25) is 9.59 Å². The molecule has 4 heteroatoms. The molecular weight excluding hydrogens is 196 g/mol. The zero-order valence-electron chi connectivity index (χ0n) is 8.61. The molecule has 1 aromatic carbocycles. The molecule has 4 nitrogen and oxygen atoms in total. The minimum absolute atomic E-state index is 0.0650. The molecule has 0 saturated heterocycles. The maximum Gasteiger partial charge on any atom is 0.177 e. The van der Waals surface area contributed by atoms with Crippen molar-refractivity contribution < 1.29 is 19.4 Å². The van der Waals surface area contributed by atoms with Gasteiger partial charge in [-0.2, -0.15) is 0 Å². The first-order valence-corrected chi connectivity index (χ1v) is 4.45. The Morgan fingerprint density at radius 3 is 2.60 bits per heavy atom. The third-order valence-electron chi connectivity index (χ3n) is 1.91. The lowest BCUT2D eigenvalue weighted by molar-refractivity contribution is -0.116. The molecule has 80 valence electrons. The highest BCUT2D eigenvalue weighted by molar-refractivity contribution is 6.10. The van der Waals surface area contributed by atoms with Crippen LogP contribution in [-0.2, 0) is 4.79 Å². The van der Waals surface area contributed by atoms with Crippen LogP contribution in [0.1, 0.15) is 23.7 Å². The zero-order valence-corrected chi connectivity index (χ0v) is 8.61. The number of aromatic hydroxyl groups is 1. The minimum Gasteiger partial charge on any atom is -0.507 e. The maximum absolute atomic E-state index is 11.6. The molecule has 1 rings (SSSR count). The molecular formula is C11H12O4. The van der Waals surface area contributed by atoms with Crippen LogP contribution in [0.25, 0.3) is 0 Å². The Kier molecular flexibility index (Phi) is 3.44. The monoisotopic (exact) mass is 208 g/mol. The van der Waals surface area contributed by atoms with E-state index in [9.17, 15) is 14.7 Å². The first-order valence-electron chi connectivity index (χ1n) is 4.45. The molecule has 1 aromatic rings. The van der Waals surface area contributed by atoms with Crippen molar-refractivity contribution in [2.24, 2.45) is 0 Å². The quantitative estimate of drug-likeness (QED) is 0.602. The smallest absolute Gasteiger partial charge is 0.177 e. The second kappa shape index (κ2) is 4.59. The second-order valence-corrected chi connectivity index (χ2v) is 3.16. The van der Waals surface area contributed by atoms with E-state index < -0.39 is 5.78 Å². The molecule has 15 heavy (non-hydrogen) atoms.